The van der Waals surface area contributed by atoms with Gasteiger partial charge in [-0.3, -0.25) is 0 Å². The van der Waals surface area contributed by atoms with E-state index in [9.17, 15) is 13.9 Å². The predicted molar refractivity (Wildman–Crippen MR) is 106 cm³/mol. The Morgan fingerprint density at radius 1 is 1.07 bits per heavy atom. The molecule has 1 aromatic heterocycles. The van der Waals surface area contributed by atoms with E-state index in [1.165, 1.54) is 30.6 Å². The van der Waals surface area contributed by atoms with E-state index >= 15 is 0 Å². The fourth-order valence-electron chi connectivity index (χ4n) is 2.36. The maximum atomic E-state index is 12.9. The highest BCUT2D eigenvalue weighted by Gasteiger charge is 2.26. The number of benzene rings is 2. The molecule has 0 atom stereocenters. The zero-order chi connectivity index (χ0) is 19.4. The van der Waals surface area contributed by atoms with Crippen LogP contribution in [0.15, 0.2) is 54.9 Å². The molecule has 6 nitrogen and oxygen atoms in total. The Hall–Kier alpha value is -2.53. The zero-order valence-electron chi connectivity index (χ0n) is 13.9. The Kier molecular flexibility index (Phi) is 5.71. The molecule has 9 heteroatoms. The van der Waals surface area contributed by atoms with Gasteiger partial charge in [0, 0.05) is 17.8 Å². The van der Waals surface area contributed by atoms with Gasteiger partial charge in [0.1, 0.15) is 17.8 Å². The largest absolute Gasteiger partial charge is 0.503 e. The van der Waals surface area contributed by atoms with Crippen molar-refractivity contribution in [2.24, 2.45) is 5.73 Å². The van der Waals surface area contributed by atoms with Gasteiger partial charge < -0.3 is 20.9 Å². The van der Waals surface area contributed by atoms with Gasteiger partial charge in [0.25, 0.3) is 0 Å². The lowest BCUT2D eigenvalue weighted by Crippen LogP contribution is -2.14. The first-order valence-electron chi connectivity index (χ1n) is 7.82. The summed E-state index contributed by atoms with van der Waals surface area (Å²) in [4.78, 5) is 8.12. The van der Waals surface area contributed by atoms with E-state index in [-0.39, 0.29) is 23.0 Å². The van der Waals surface area contributed by atoms with E-state index in [1.54, 1.807) is 0 Å². The van der Waals surface area contributed by atoms with Crippen molar-refractivity contribution < 1.29 is 18.6 Å². The van der Waals surface area contributed by atoms with Crippen LogP contribution >= 0.6 is 22.6 Å². The van der Waals surface area contributed by atoms with E-state index in [0.717, 1.165) is 33.8 Å². The fourth-order valence-corrected chi connectivity index (χ4v) is 2.61. The van der Waals surface area contributed by atoms with Crippen LogP contribution in [0.4, 0.5) is 20.3 Å². The first-order chi connectivity index (χ1) is 12.9. The van der Waals surface area contributed by atoms with Gasteiger partial charge >= 0.3 is 4.12 Å². The Labute approximate surface area is 167 Å². The van der Waals surface area contributed by atoms with Crippen LogP contribution in [0.2, 0.25) is 0 Å². The van der Waals surface area contributed by atoms with Crippen LogP contribution in [0.1, 0.15) is 5.56 Å². The third-order valence-corrected chi connectivity index (χ3v) is 3.86. The third kappa shape index (κ3) is 5.01. The number of alkyl halides is 3. The Balaban J connectivity index is 1.83. The number of aromatic hydroxyl groups is 1. The normalized spacial score (nSPS) is 11.3. The smallest absolute Gasteiger partial charge is 0.451 e. The van der Waals surface area contributed by atoms with Gasteiger partial charge in [-0.15, -0.1) is 0 Å². The van der Waals surface area contributed by atoms with Crippen molar-refractivity contribution in [1.82, 2.24) is 9.97 Å². The van der Waals surface area contributed by atoms with Crippen LogP contribution < -0.4 is 15.8 Å². The SMILES string of the molecule is NCc1ccc(Nc2ncnc(-c3ccc(OC(F)(F)I)cc3)c2O)cc1. The topological polar surface area (TPSA) is 93.3 Å². The summed E-state index contributed by atoms with van der Waals surface area (Å²) >= 11 is 0.893. The second kappa shape index (κ2) is 8.01. The number of halogens is 3. The van der Waals surface area contributed by atoms with Gasteiger partial charge in [-0.25, -0.2) is 9.97 Å². The molecular formula is C18H15F2IN4O2. The molecule has 0 aliphatic carbocycles. The molecule has 2 aromatic carbocycles. The molecule has 0 aliphatic heterocycles. The van der Waals surface area contributed by atoms with Crippen molar-refractivity contribution in [2.75, 3.05) is 5.32 Å². The van der Waals surface area contributed by atoms with E-state index in [4.69, 9.17) is 5.73 Å². The summed E-state index contributed by atoms with van der Waals surface area (Å²) in [6, 6.07) is 13.2. The highest BCUT2D eigenvalue weighted by Crippen LogP contribution is 2.35. The number of rotatable bonds is 6. The number of nitrogens with two attached hydrogens (primary N) is 1. The second-order valence-corrected chi connectivity index (χ2v) is 6.77. The molecule has 27 heavy (non-hydrogen) atoms. The summed E-state index contributed by atoms with van der Waals surface area (Å²) in [6.45, 7) is 0.437. The second-order valence-electron chi connectivity index (χ2n) is 5.52. The zero-order valence-corrected chi connectivity index (χ0v) is 16.0. The van der Waals surface area contributed by atoms with Gasteiger partial charge in [-0.2, -0.15) is 8.78 Å². The van der Waals surface area contributed by atoms with E-state index in [2.05, 4.69) is 20.0 Å². The average molecular weight is 484 g/mol. The maximum absolute atomic E-state index is 12.9. The van der Waals surface area contributed by atoms with Crippen LogP contribution in [-0.2, 0) is 6.54 Å². The molecule has 0 aliphatic rings. The molecule has 0 amide bonds. The lowest BCUT2D eigenvalue weighted by atomic mass is 10.1. The quantitative estimate of drug-likeness (QED) is 0.355. The van der Waals surface area contributed by atoms with Crippen molar-refractivity contribution in [3.05, 3.63) is 60.4 Å². The predicted octanol–water partition coefficient (Wildman–Crippen LogP) is 4.42. The van der Waals surface area contributed by atoms with Crippen LogP contribution in [0, 0.1) is 0 Å². The van der Waals surface area contributed by atoms with Gasteiger partial charge in [-0.05, 0) is 42.0 Å². The monoisotopic (exact) mass is 484 g/mol. The number of aromatic nitrogens is 2. The summed E-state index contributed by atoms with van der Waals surface area (Å²) in [7, 11) is 0. The first kappa shape index (κ1) is 19.2. The molecule has 3 rings (SSSR count). The first-order valence-corrected chi connectivity index (χ1v) is 8.90. The average Bonchev–Trinajstić information content (AvgIpc) is 2.64. The highest BCUT2D eigenvalue weighted by atomic mass is 127. The van der Waals surface area contributed by atoms with Crippen LogP contribution in [0.5, 0.6) is 11.5 Å². The van der Waals surface area contributed by atoms with Crippen molar-refractivity contribution in [3.8, 4) is 22.8 Å². The molecule has 0 unspecified atom stereocenters. The number of hydrogen-bond acceptors (Lipinski definition) is 6. The summed E-state index contributed by atoms with van der Waals surface area (Å²) in [5, 5.41) is 13.5. The molecule has 4 N–H and O–H groups in total. The third-order valence-electron chi connectivity index (χ3n) is 3.64. The lowest BCUT2D eigenvalue weighted by Gasteiger charge is -2.13. The fraction of sp³-hybridized carbons (Fsp3) is 0.111. The minimum absolute atomic E-state index is 0.00466. The molecule has 0 bridgehead atoms. The van der Waals surface area contributed by atoms with Crippen molar-refractivity contribution in [3.63, 3.8) is 0 Å². The molecule has 0 fully saturated rings. The number of hydrogen-bond donors (Lipinski definition) is 3. The molecule has 0 spiro atoms. The summed E-state index contributed by atoms with van der Waals surface area (Å²) in [5.41, 5.74) is 8.07. The minimum atomic E-state index is -3.30. The molecule has 3 aromatic rings. The van der Waals surface area contributed by atoms with E-state index in [1.807, 2.05) is 24.3 Å². The maximum Gasteiger partial charge on any atom is 0.451 e. The summed E-state index contributed by atoms with van der Waals surface area (Å²) in [5.74, 6) is 0.0675. The molecule has 1 heterocycles. The van der Waals surface area contributed by atoms with Gasteiger partial charge in [0.05, 0.1) is 22.6 Å². The van der Waals surface area contributed by atoms with Crippen LogP contribution in [0.3, 0.4) is 0 Å². The Morgan fingerprint density at radius 2 is 1.74 bits per heavy atom. The number of nitrogens with one attached hydrogen (secondary N) is 1. The molecule has 140 valence electrons. The van der Waals surface area contributed by atoms with Gasteiger partial charge in [0.2, 0.25) is 0 Å². The number of anilines is 2. The van der Waals surface area contributed by atoms with Crippen LogP contribution in [0.25, 0.3) is 11.3 Å². The Morgan fingerprint density at radius 3 is 2.33 bits per heavy atom. The molecule has 0 radical (unpaired) electrons. The van der Waals surface area contributed by atoms with Crippen molar-refractivity contribution in [1.29, 1.82) is 0 Å². The summed E-state index contributed by atoms with van der Waals surface area (Å²) in [6.07, 6.45) is 1.30. The van der Waals surface area contributed by atoms with E-state index < -0.39 is 4.12 Å². The summed E-state index contributed by atoms with van der Waals surface area (Å²) < 4.78 is 27.0. The lowest BCUT2D eigenvalue weighted by molar-refractivity contribution is -0.0691. The van der Waals surface area contributed by atoms with Crippen LogP contribution in [-0.4, -0.2) is 19.2 Å². The number of ether oxygens (including phenoxy) is 1. The van der Waals surface area contributed by atoms with Crippen molar-refractivity contribution in [2.45, 2.75) is 10.7 Å². The highest BCUT2D eigenvalue weighted by molar-refractivity contribution is 14.1. The molecule has 0 saturated carbocycles. The standard InChI is InChI=1S/C18H15F2IN4O2/c19-18(20,21)27-14-7-3-12(4-8-14)15-16(26)17(24-10-23-15)25-13-5-1-11(9-22)2-6-13/h1-8,10,26H,9,22H2,(H,23,24,25). The minimum Gasteiger partial charge on any atom is -0.503 e. The molecule has 0 saturated heterocycles. The van der Waals surface area contributed by atoms with E-state index in [0.29, 0.717) is 12.1 Å². The van der Waals surface area contributed by atoms with Crippen molar-refractivity contribution >= 4 is 34.1 Å². The number of nitrogens with zero attached hydrogens (tertiary/aromatic N) is 2. The van der Waals surface area contributed by atoms with Gasteiger partial charge in [0.15, 0.2) is 11.6 Å². The molecular weight excluding hydrogens is 469 g/mol. The Bertz CT molecular complexity index is 916. The van der Waals surface area contributed by atoms with Gasteiger partial charge in [-0.1, -0.05) is 12.1 Å².